The summed E-state index contributed by atoms with van der Waals surface area (Å²) >= 11 is 6.21. The summed E-state index contributed by atoms with van der Waals surface area (Å²) in [4.78, 5) is 38.4. The number of fused-ring (bicyclic) bond motifs is 4. The number of carbonyl (C=O) groups is 3. The zero-order valence-electron chi connectivity index (χ0n) is 23.5. The molecule has 5 rings (SSSR count). The van der Waals surface area contributed by atoms with Crippen LogP contribution < -0.4 is 16.0 Å². The minimum atomic E-state index is -0.747. The van der Waals surface area contributed by atoms with Crippen molar-refractivity contribution in [1.82, 2.24) is 20.2 Å². The summed E-state index contributed by atoms with van der Waals surface area (Å²) in [7, 11) is 1.22. The minimum Gasteiger partial charge on any atom is -0.453 e. The number of aromatic nitrogens is 4. The zero-order valence-corrected chi connectivity index (χ0v) is 24.3. The molecule has 0 radical (unpaired) electrons. The third kappa shape index (κ3) is 7.34. The molecule has 4 aromatic rings. The van der Waals surface area contributed by atoms with E-state index in [1.807, 2.05) is 12.2 Å². The molecular formula is C31H27ClFN7O4. The van der Waals surface area contributed by atoms with Crippen LogP contribution in [0.1, 0.15) is 30.4 Å². The van der Waals surface area contributed by atoms with E-state index in [1.165, 1.54) is 36.3 Å². The first kappa shape index (κ1) is 30.1. The van der Waals surface area contributed by atoms with Crippen molar-refractivity contribution in [2.45, 2.75) is 25.7 Å². The SMILES string of the molecule is COC(=O)Nc1cc(NC(=O)C=Cc2cc(Cl)ccc2-n2cnnn2)c2c(c1)NC(=O)CCC=CCCc1cc-2ccc1F. The number of halogens is 2. The summed E-state index contributed by atoms with van der Waals surface area (Å²) in [5, 5.41) is 20.0. The summed E-state index contributed by atoms with van der Waals surface area (Å²) < 4.78 is 20.9. The van der Waals surface area contributed by atoms with E-state index in [1.54, 1.807) is 42.5 Å². The van der Waals surface area contributed by atoms with E-state index < -0.39 is 12.0 Å². The Bertz CT molecular complexity index is 1770. The van der Waals surface area contributed by atoms with Crippen LogP contribution in [0.15, 0.2) is 73.1 Å². The maximum Gasteiger partial charge on any atom is 0.411 e. The van der Waals surface area contributed by atoms with Gasteiger partial charge >= 0.3 is 6.09 Å². The number of hydrogen-bond donors (Lipinski definition) is 3. The Morgan fingerprint density at radius 2 is 1.89 bits per heavy atom. The van der Waals surface area contributed by atoms with Gasteiger partial charge in [0.15, 0.2) is 0 Å². The number of nitrogens with one attached hydrogen (secondary N) is 3. The number of allylic oxidation sites excluding steroid dienone is 2. The van der Waals surface area contributed by atoms with Gasteiger partial charge in [-0.15, -0.1) is 5.10 Å². The Morgan fingerprint density at radius 1 is 1.07 bits per heavy atom. The lowest BCUT2D eigenvalue weighted by Gasteiger charge is -2.19. The standard InChI is InChI=1S/C31H27ClFN7O4/c1-44-31(43)35-23-16-25-30(21-8-11-24(33)19(14-21)6-4-2-3-5-7-28(41)36-25)26(17-23)37-29(42)13-9-20-15-22(32)10-12-27(20)40-18-34-38-39-40/h2-3,8-18H,4-7H2,1H3,(H,35,43)(H,36,41)(H,37,42). The number of amides is 3. The van der Waals surface area contributed by atoms with Gasteiger partial charge in [-0.05, 0) is 89.4 Å². The van der Waals surface area contributed by atoms with E-state index in [0.29, 0.717) is 57.9 Å². The second-order valence-corrected chi connectivity index (χ2v) is 10.2. The van der Waals surface area contributed by atoms with Gasteiger partial charge in [-0.3, -0.25) is 14.9 Å². The fourth-order valence-electron chi connectivity index (χ4n) is 4.69. The molecule has 44 heavy (non-hydrogen) atoms. The Balaban J connectivity index is 1.58. The van der Waals surface area contributed by atoms with E-state index >= 15 is 0 Å². The molecule has 224 valence electrons. The first-order valence-electron chi connectivity index (χ1n) is 13.6. The molecule has 2 heterocycles. The molecule has 0 aliphatic carbocycles. The number of benzene rings is 3. The number of rotatable bonds is 5. The molecule has 11 nitrogen and oxygen atoms in total. The normalized spacial score (nSPS) is 13.2. The van der Waals surface area contributed by atoms with Crippen molar-refractivity contribution in [2.24, 2.45) is 0 Å². The van der Waals surface area contributed by atoms with Gasteiger partial charge in [-0.2, -0.15) is 4.68 Å². The fraction of sp³-hybridized carbons (Fsp3) is 0.161. The Kier molecular flexibility index (Phi) is 9.40. The molecule has 0 saturated heterocycles. The molecule has 0 saturated carbocycles. The van der Waals surface area contributed by atoms with Gasteiger partial charge in [-0.25, -0.2) is 9.18 Å². The Morgan fingerprint density at radius 3 is 2.66 bits per heavy atom. The van der Waals surface area contributed by atoms with Crippen LogP contribution in [-0.2, 0) is 20.7 Å². The van der Waals surface area contributed by atoms with Gasteiger partial charge in [0.2, 0.25) is 11.8 Å². The van der Waals surface area contributed by atoms with Gasteiger partial charge in [0.1, 0.15) is 12.1 Å². The molecule has 1 aliphatic rings. The van der Waals surface area contributed by atoms with Crippen LogP contribution in [0.25, 0.3) is 22.9 Å². The lowest BCUT2D eigenvalue weighted by molar-refractivity contribution is -0.116. The van der Waals surface area contributed by atoms with Crippen LogP contribution in [0.4, 0.5) is 26.2 Å². The molecule has 1 aromatic heterocycles. The number of methoxy groups -OCH3 is 1. The zero-order chi connectivity index (χ0) is 31.1. The number of anilines is 3. The highest BCUT2D eigenvalue weighted by Gasteiger charge is 2.19. The minimum absolute atomic E-state index is 0.199. The predicted octanol–water partition coefficient (Wildman–Crippen LogP) is 6.17. The Hall–Kier alpha value is -5.36. The molecule has 3 aromatic carbocycles. The molecule has 0 unspecified atom stereocenters. The highest BCUT2D eigenvalue weighted by atomic mass is 35.5. The molecule has 3 N–H and O–H groups in total. The monoisotopic (exact) mass is 615 g/mol. The van der Waals surface area contributed by atoms with Crippen LogP contribution in [0.3, 0.4) is 0 Å². The van der Waals surface area contributed by atoms with E-state index in [-0.39, 0.29) is 29.5 Å². The largest absolute Gasteiger partial charge is 0.453 e. The molecule has 0 fully saturated rings. The number of hydrogen-bond acceptors (Lipinski definition) is 7. The van der Waals surface area contributed by atoms with Gasteiger partial charge in [-0.1, -0.05) is 29.8 Å². The fourth-order valence-corrected chi connectivity index (χ4v) is 4.87. The highest BCUT2D eigenvalue weighted by molar-refractivity contribution is 6.30. The van der Waals surface area contributed by atoms with Crippen LogP contribution in [0, 0.1) is 5.82 Å². The topological polar surface area (TPSA) is 140 Å². The number of carbonyl (C=O) groups excluding carboxylic acids is 3. The summed E-state index contributed by atoms with van der Waals surface area (Å²) in [6.07, 6.45) is 9.06. The van der Waals surface area contributed by atoms with E-state index in [9.17, 15) is 18.8 Å². The second kappa shape index (κ2) is 13.7. The van der Waals surface area contributed by atoms with Crippen molar-refractivity contribution in [3.8, 4) is 16.8 Å². The number of nitrogens with zero attached hydrogens (tertiary/aromatic N) is 4. The summed E-state index contributed by atoms with van der Waals surface area (Å²) in [5.74, 6) is -1.17. The van der Waals surface area contributed by atoms with Crippen molar-refractivity contribution in [3.05, 3.63) is 95.1 Å². The van der Waals surface area contributed by atoms with Crippen molar-refractivity contribution in [2.75, 3.05) is 23.1 Å². The predicted molar refractivity (Wildman–Crippen MR) is 165 cm³/mol. The molecule has 0 spiro atoms. The smallest absolute Gasteiger partial charge is 0.411 e. The van der Waals surface area contributed by atoms with Crippen LogP contribution in [0.2, 0.25) is 5.02 Å². The summed E-state index contributed by atoms with van der Waals surface area (Å²) in [6.45, 7) is 0. The van der Waals surface area contributed by atoms with Gasteiger partial charge in [0.05, 0.1) is 24.2 Å². The molecule has 3 amide bonds. The average molecular weight is 616 g/mol. The molecule has 1 aliphatic heterocycles. The summed E-state index contributed by atoms with van der Waals surface area (Å²) in [6, 6.07) is 12.7. The van der Waals surface area contributed by atoms with Crippen LogP contribution in [0.5, 0.6) is 0 Å². The van der Waals surface area contributed by atoms with Gasteiger partial charge in [0, 0.05) is 34.3 Å². The molecule has 0 atom stereocenters. The number of tetrazole rings is 1. The van der Waals surface area contributed by atoms with Gasteiger partial charge < -0.3 is 15.4 Å². The first-order chi connectivity index (χ1) is 21.3. The number of ether oxygens (including phenoxy) is 1. The average Bonchev–Trinajstić information content (AvgIpc) is 3.53. The molecule has 13 heteroatoms. The maximum atomic E-state index is 14.8. The van der Waals surface area contributed by atoms with E-state index in [4.69, 9.17) is 16.3 Å². The third-order valence-electron chi connectivity index (χ3n) is 6.72. The molecule has 2 bridgehead atoms. The highest BCUT2D eigenvalue weighted by Crippen LogP contribution is 2.39. The van der Waals surface area contributed by atoms with Crippen LogP contribution in [-0.4, -0.2) is 45.2 Å². The van der Waals surface area contributed by atoms with Gasteiger partial charge in [0.25, 0.3) is 0 Å². The van der Waals surface area contributed by atoms with E-state index in [2.05, 4.69) is 31.5 Å². The van der Waals surface area contributed by atoms with Crippen molar-refractivity contribution >= 4 is 52.6 Å². The molecular weight excluding hydrogens is 589 g/mol. The van der Waals surface area contributed by atoms with E-state index in [0.717, 1.165) is 0 Å². The van der Waals surface area contributed by atoms with Crippen molar-refractivity contribution in [1.29, 1.82) is 0 Å². The summed E-state index contributed by atoms with van der Waals surface area (Å²) in [5.41, 5.74) is 3.42. The maximum absolute atomic E-state index is 14.8. The lowest BCUT2D eigenvalue weighted by Crippen LogP contribution is -2.16. The number of aryl methyl sites for hydroxylation is 1. The Labute approximate surface area is 256 Å². The van der Waals surface area contributed by atoms with Crippen molar-refractivity contribution in [3.63, 3.8) is 0 Å². The quantitative estimate of drug-likeness (QED) is 0.180. The van der Waals surface area contributed by atoms with Crippen molar-refractivity contribution < 1.29 is 23.5 Å². The first-order valence-corrected chi connectivity index (χ1v) is 14.0. The van der Waals surface area contributed by atoms with Crippen LogP contribution >= 0.6 is 11.6 Å². The lowest BCUT2D eigenvalue weighted by atomic mass is 9.96. The second-order valence-electron chi connectivity index (χ2n) is 9.75. The third-order valence-corrected chi connectivity index (χ3v) is 6.96.